The standard InChI is InChI=1S/C22H20N6O2/c1-2-20(29)22-19(28-21(30)13-25-12-18-6-7-24-14-27-18)9-17(11-26-22)16-5-3-4-15(8-16)10-23/h3-9,11,14,25H,2,12-13H2,1H3,(H,28,30). The van der Waals surface area contributed by atoms with Crippen molar-refractivity contribution in [2.45, 2.75) is 19.9 Å². The van der Waals surface area contributed by atoms with Crippen LogP contribution in [0.4, 0.5) is 5.69 Å². The molecule has 0 bridgehead atoms. The molecule has 1 amide bonds. The first-order chi connectivity index (χ1) is 14.6. The Balaban J connectivity index is 1.77. The zero-order chi connectivity index (χ0) is 21.3. The summed E-state index contributed by atoms with van der Waals surface area (Å²) in [6.45, 7) is 2.19. The maximum Gasteiger partial charge on any atom is 0.238 e. The highest BCUT2D eigenvalue weighted by molar-refractivity contribution is 6.04. The molecule has 0 aliphatic rings. The molecule has 150 valence electrons. The van der Waals surface area contributed by atoms with Gasteiger partial charge in [0.15, 0.2) is 5.78 Å². The molecule has 2 heterocycles. The fourth-order valence-electron chi connectivity index (χ4n) is 2.80. The highest BCUT2D eigenvalue weighted by Crippen LogP contribution is 2.25. The third-order valence-electron chi connectivity index (χ3n) is 4.31. The number of pyridine rings is 1. The van der Waals surface area contributed by atoms with Gasteiger partial charge in [-0.3, -0.25) is 14.6 Å². The summed E-state index contributed by atoms with van der Waals surface area (Å²) in [5.74, 6) is -0.476. The van der Waals surface area contributed by atoms with E-state index in [1.165, 1.54) is 6.33 Å². The van der Waals surface area contributed by atoms with Gasteiger partial charge in [-0.2, -0.15) is 5.26 Å². The molecule has 30 heavy (non-hydrogen) atoms. The maximum atomic E-state index is 12.4. The van der Waals surface area contributed by atoms with Crippen LogP contribution >= 0.6 is 0 Å². The number of nitrogens with zero attached hydrogens (tertiary/aromatic N) is 4. The summed E-state index contributed by atoms with van der Waals surface area (Å²) in [5, 5.41) is 14.9. The summed E-state index contributed by atoms with van der Waals surface area (Å²) in [7, 11) is 0. The Kier molecular flexibility index (Phi) is 6.92. The predicted octanol–water partition coefficient (Wildman–Crippen LogP) is 2.73. The molecule has 0 aliphatic carbocycles. The van der Waals surface area contributed by atoms with Crippen LogP contribution in [0.2, 0.25) is 0 Å². The molecule has 0 spiro atoms. The van der Waals surface area contributed by atoms with Crippen molar-refractivity contribution in [1.82, 2.24) is 20.3 Å². The highest BCUT2D eigenvalue weighted by Gasteiger charge is 2.15. The van der Waals surface area contributed by atoms with Crippen molar-refractivity contribution in [3.63, 3.8) is 0 Å². The van der Waals surface area contributed by atoms with Gasteiger partial charge in [0.05, 0.1) is 29.6 Å². The van der Waals surface area contributed by atoms with Crippen molar-refractivity contribution in [2.75, 3.05) is 11.9 Å². The SMILES string of the molecule is CCC(=O)c1ncc(-c2cccc(C#N)c2)cc1NC(=O)CNCc1ccncn1. The molecule has 0 fully saturated rings. The number of ketones is 1. The second kappa shape index (κ2) is 10.0. The number of Topliss-reactive ketones (excluding diaryl/α,β-unsaturated/α-hetero) is 1. The van der Waals surface area contributed by atoms with Gasteiger partial charge in [-0.05, 0) is 29.8 Å². The topological polar surface area (TPSA) is 121 Å². The largest absolute Gasteiger partial charge is 0.323 e. The lowest BCUT2D eigenvalue weighted by Crippen LogP contribution is -2.28. The van der Waals surface area contributed by atoms with E-state index in [1.807, 2.05) is 6.07 Å². The van der Waals surface area contributed by atoms with Gasteiger partial charge in [0.25, 0.3) is 0 Å². The van der Waals surface area contributed by atoms with Gasteiger partial charge in [-0.25, -0.2) is 9.97 Å². The molecule has 2 N–H and O–H groups in total. The van der Waals surface area contributed by atoms with Crippen molar-refractivity contribution in [3.8, 4) is 17.2 Å². The second-order valence-corrected chi connectivity index (χ2v) is 6.44. The zero-order valence-corrected chi connectivity index (χ0v) is 16.4. The molecule has 8 nitrogen and oxygen atoms in total. The van der Waals surface area contributed by atoms with Crippen molar-refractivity contribution in [1.29, 1.82) is 5.26 Å². The van der Waals surface area contributed by atoms with Gasteiger partial charge >= 0.3 is 0 Å². The van der Waals surface area contributed by atoms with Crippen molar-refractivity contribution in [2.24, 2.45) is 0 Å². The molecule has 3 aromatic rings. The van der Waals surface area contributed by atoms with Crippen LogP contribution in [0.3, 0.4) is 0 Å². The lowest BCUT2D eigenvalue weighted by molar-refractivity contribution is -0.115. The van der Waals surface area contributed by atoms with Crippen molar-refractivity contribution in [3.05, 3.63) is 72.1 Å². The fourth-order valence-corrected chi connectivity index (χ4v) is 2.80. The Hall–Kier alpha value is -3.96. The lowest BCUT2D eigenvalue weighted by atomic mass is 10.0. The van der Waals surface area contributed by atoms with Crippen LogP contribution in [-0.2, 0) is 11.3 Å². The first-order valence-electron chi connectivity index (χ1n) is 9.40. The van der Waals surface area contributed by atoms with Crippen LogP contribution in [0.1, 0.15) is 35.1 Å². The van der Waals surface area contributed by atoms with E-state index in [2.05, 4.69) is 31.7 Å². The zero-order valence-electron chi connectivity index (χ0n) is 16.4. The number of carbonyl (C=O) groups is 2. The molecule has 2 aromatic heterocycles. The lowest BCUT2D eigenvalue weighted by Gasteiger charge is -2.12. The fraction of sp³-hybridized carbons (Fsp3) is 0.182. The van der Waals surface area contributed by atoms with Gasteiger partial charge in [0.1, 0.15) is 12.0 Å². The summed E-state index contributed by atoms with van der Waals surface area (Å²) >= 11 is 0. The Morgan fingerprint density at radius 3 is 2.73 bits per heavy atom. The third-order valence-corrected chi connectivity index (χ3v) is 4.31. The van der Waals surface area contributed by atoms with E-state index >= 15 is 0 Å². The molecule has 1 aromatic carbocycles. The smallest absolute Gasteiger partial charge is 0.238 e. The van der Waals surface area contributed by atoms with E-state index < -0.39 is 0 Å². The highest BCUT2D eigenvalue weighted by atomic mass is 16.2. The first kappa shape index (κ1) is 20.8. The van der Waals surface area contributed by atoms with E-state index in [1.54, 1.807) is 49.6 Å². The Labute approximate surface area is 174 Å². The van der Waals surface area contributed by atoms with E-state index in [9.17, 15) is 9.59 Å². The van der Waals surface area contributed by atoms with Gasteiger partial charge < -0.3 is 10.6 Å². The molecule has 0 radical (unpaired) electrons. The summed E-state index contributed by atoms with van der Waals surface area (Å²) in [5.41, 5.74) is 3.30. The van der Waals surface area contributed by atoms with Crippen LogP contribution in [0.25, 0.3) is 11.1 Å². The number of benzene rings is 1. The molecular formula is C22H20N6O2. The molecule has 0 aliphatic heterocycles. The summed E-state index contributed by atoms with van der Waals surface area (Å²) < 4.78 is 0. The Morgan fingerprint density at radius 2 is 2.00 bits per heavy atom. The first-order valence-corrected chi connectivity index (χ1v) is 9.40. The summed E-state index contributed by atoms with van der Waals surface area (Å²) in [6, 6.07) is 12.6. The molecule has 8 heteroatoms. The van der Waals surface area contributed by atoms with Crippen LogP contribution < -0.4 is 10.6 Å². The Morgan fingerprint density at radius 1 is 1.13 bits per heavy atom. The average molecular weight is 400 g/mol. The van der Waals surface area contributed by atoms with Gasteiger partial charge in [-0.1, -0.05) is 19.1 Å². The Bertz CT molecular complexity index is 1090. The average Bonchev–Trinajstić information content (AvgIpc) is 2.79. The predicted molar refractivity (Wildman–Crippen MR) is 111 cm³/mol. The molecule has 0 unspecified atom stereocenters. The number of carbonyl (C=O) groups excluding carboxylic acids is 2. The van der Waals surface area contributed by atoms with Gasteiger partial charge in [0, 0.05) is 30.9 Å². The maximum absolute atomic E-state index is 12.4. The number of anilines is 1. The molecule has 0 saturated carbocycles. The minimum Gasteiger partial charge on any atom is -0.323 e. The molecule has 3 rings (SSSR count). The van der Waals surface area contributed by atoms with Crippen LogP contribution in [0.15, 0.2) is 55.1 Å². The third kappa shape index (κ3) is 5.31. The van der Waals surface area contributed by atoms with E-state index in [4.69, 9.17) is 5.26 Å². The van der Waals surface area contributed by atoms with E-state index in [0.717, 1.165) is 11.3 Å². The summed E-state index contributed by atoms with van der Waals surface area (Å²) in [4.78, 5) is 36.9. The molecule has 0 saturated heterocycles. The van der Waals surface area contributed by atoms with Gasteiger partial charge in [-0.15, -0.1) is 0 Å². The number of nitrogens with one attached hydrogen (secondary N) is 2. The normalized spacial score (nSPS) is 10.3. The number of rotatable bonds is 8. The monoisotopic (exact) mass is 400 g/mol. The van der Waals surface area contributed by atoms with E-state index in [-0.39, 0.29) is 30.3 Å². The van der Waals surface area contributed by atoms with Crippen LogP contribution in [0.5, 0.6) is 0 Å². The quantitative estimate of drug-likeness (QED) is 0.558. The van der Waals surface area contributed by atoms with E-state index in [0.29, 0.717) is 23.4 Å². The second-order valence-electron chi connectivity index (χ2n) is 6.44. The summed E-state index contributed by atoms with van der Waals surface area (Å²) in [6.07, 6.45) is 4.91. The minimum absolute atomic E-state index is 0.0396. The number of amides is 1. The number of aromatic nitrogens is 3. The van der Waals surface area contributed by atoms with Crippen LogP contribution in [-0.4, -0.2) is 33.2 Å². The van der Waals surface area contributed by atoms with Crippen LogP contribution in [0, 0.1) is 11.3 Å². The van der Waals surface area contributed by atoms with Gasteiger partial charge in [0.2, 0.25) is 5.91 Å². The molecule has 0 atom stereocenters. The number of hydrogen-bond donors (Lipinski definition) is 2. The van der Waals surface area contributed by atoms with Crippen molar-refractivity contribution >= 4 is 17.4 Å². The van der Waals surface area contributed by atoms with Crippen molar-refractivity contribution < 1.29 is 9.59 Å². The molecular weight excluding hydrogens is 380 g/mol. The number of hydrogen-bond acceptors (Lipinski definition) is 7. The number of nitriles is 1. The minimum atomic E-state index is -0.307.